The zero-order valence-corrected chi connectivity index (χ0v) is 27.0. The molecule has 1 aliphatic rings. The lowest BCUT2D eigenvalue weighted by Gasteiger charge is -2.32. The summed E-state index contributed by atoms with van der Waals surface area (Å²) in [6.45, 7) is 12.9. The number of halogens is 1. The van der Waals surface area contributed by atoms with Gasteiger partial charge >= 0.3 is 12.1 Å². The zero-order valence-electron chi connectivity index (χ0n) is 26.1. The molecular weight excluding hydrogens is 587 g/mol. The minimum absolute atomic E-state index is 0.0234. The maximum atomic E-state index is 14.4. The molecule has 2 amide bonds. The van der Waals surface area contributed by atoms with Crippen LogP contribution in [0.25, 0.3) is 10.6 Å². The van der Waals surface area contributed by atoms with Gasteiger partial charge in [0.25, 0.3) is 5.91 Å². The molecule has 0 radical (unpaired) electrons. The highest BCUT2D eigenvalue weighted by Gasteiger charge is 2.52. The van der Waals surface area contributed by atoms with Crippen molar-refractivity contribution in [3.8, 4) is 16.3 Å². The van der Waals surface area contributed by atoms with Gasteiger partial charge in [-0.3, -0.25) is 14.6 Å². The number of nitrogens with zero attached hydrogens (tertiary/aromatic N) is 4. The molecule has 12 heteroatoms. The van der Waals surface area contributed by atoms with Crippen LogP contribution in [0.2, 0.25) is 0 Å². The number of carbonyl (C=O) groups excluding carboxylic acids is 2. The number of rotatable bonds is 9. The largest absolute Gasteiger partial charge is 0.488 e. The van der Waals surface area contributed by atoms with Crippen LogP contribution in [0.3, 0.4) is 0 Å². The van der Waals surface area contributed by atoms with E-state index in [1.54, 1.807) is 26.8 Å². The maximum Gasteiger partial charge on any atom is 0.411 e. The van der Waals surface area contributed by atoms with E-state index >= 15 is 0 Å². The van der Waals surface area contributed by atoms with Crippen LogP contribution in [-0.4, -0.2) is 68.5 Å². The molecule has 0 bridgehead atoms. The average Bonchev–Trinajstić information content (AvgIpc) is 3.56. The Morgan fingerprint density at radius 1 is 1.16 bits per heavy atom. The predicted octanol–water partition coefficient (Wildman–Crippen LogP) is 6.64. The molecule has 236 valence electrons. The van der Waals surface area contributed by atoms with E-state index in [1.165, 1.54) is 46.3 Å². The molecule has 4 rings (SSSR count). The van der Waals surface area contributed by atoms with E-state index in [2.05, 4.69) is 10.2 Å². The van der Waals surface area contributed by atoms with Crippen molar-refractivity contribution in [2.24, 2.45) is 0 Å². The quantitative estimate of drug-likeness (QED) is 0.281. The summed E-state index contributed by atoms with van der Waals surface area (Å²) in [6.07, 6.45) is 0.370. The molecule has 1 saturated heterocycles. The molecule has 2 atom stereocenters. The lowest BCUT2D eigenvalue weighted by Crippen LogP contribution is -2.52. The van der Waals surface area contributed by atoms with Gasteiger partial charge in [0.2, 0.25) is 5.13 Å². The van der Waals surface area contributed by atoms with Crippen LogP contribution in [0.5, 0.6) is 5.75 Å². The minimum atomic E-state index is -1.48. The number of anilines is 1. The number of ether oxygens (including phenoxy) is 2. The van der Waals surface area contributed by atoms with Gasteiger partial charge in [-0.1, -0.05) is 36.8 Å². The Morgan fingerprint density at radius 3 is 2.41 bits per heavy atom. The van der Waals surface area contributed by atoms with Crippen molar-refractivity contribution in [3.05, 3.63) is 58.9 Å². The summed E-state index contributed by atoms with van der Waals surface area (Å²) in [5.41, 5.74) is 0.0546. The third-order valence-electron chi connectivity index (χ3n) is 7.40. The number of carboxylic acids is 1. The second-order valence-corrected chi connectivity index (χ2v) is 13.2. The second-order valence-electron chi connectivity index (χ2n) is 12.2. The summed E-state index contributed by atoms with van der Waals surface area (Å²) < 4.78 is 26.2. The van der Waals surface area contributed by atoms with Gasteiger partial charge in [0.1, 0.15) is 33.8 Å². The van der Waals surface area contributed by atoms with Gasteiger partial charge < -0.3 is 14.6 Å². The zero-order chi connectivity index (χ0) is 32.4. The number of carboxylic acid groups (broad SMARTS) is 1. The highest BCUT2D eigenvalue weighted by Crippen LogP contribution is 2.38. The fourth-order valence-electron chi connectivity index (χ4n) is 5.15. The topological polar surface area (TPSA) is 122 Å². The average molecular weight is 627 g/mol. The Balaban J connectivity index is 1.57. The monoisotopic (exact) mass is 626 g/mol. The van der Waals surface area contributed by atoms with Crippen molar-refractivity contribution in [2.75, 3.05) is 18.0 Å². The molecule has 0 aliphatic carbocycles. The molecule has 0 saturated carbocycles. The number of aliphatic carboxylic acids is 1. The van der Waals surface area contributed by atoms with E-state index in [-0.39, 0.29) is 18.5 Å². The number of amides is 2. The van der Waals surface area contributed by atoms with Gasteiger partial charge in [-0.05, 0) is 83.4 Å². The summed E-state index contributed by atoms with van der Waals surface area (Å²) >= 11 is 1.24. The fraction of sp³-hybridized carbons (Fsp3) is 0.469. The molecular formula is C32H39FN4O6S. The number of carbonyl (C=O) groups is 3. The smallest absolute Gasteiger partial charge is 0.411 e. The molecule has 44 heavy (non-hydrogen) atoms. The maximum absolute atomic E-state index is 14.4. The summed E-state index contributed by atoms with van der Waals surface area (Å²) in [6, 6.07) is 9.65. The van der Waals surface area contributed by atoms with Crippen LogP contribution < -0.4 is 9.64 Å². The first kappa shape index (κ1) is 32.8. The van der Waals surface area contributed by atoms with Crippen LogP contribution in [0.15, 0.2) is 36.4 Å². The van der Waals surface area contributed by atoms with Gasteiger partial charge in [-0.2, -0.15) is 0 Å². The van der Waals surface area contributed by atoms with E-state index < -0.39 is 41.0 Å². The molecule has 0 spiro atoms. The minimum Gasteiger partial charge on any atom is -0.488 e. The molecule has 1 aromatic heterocycles. The summed E-state index contributed by atoms with van der Waals surface area (Å²) in [5, 5.41) is 19.6. The van der Waals surface area contributed by atoms with Crippen molar-refractivity contribution >= 4 is 34.4 Å². The molecule has 3 aromatic rings. The van der Waals surface area contributed by atoms with Crippen molar-refractivity contribution in [2.45, 2.75) is 85.0 Å². The molecule has 1 aliphatic heterocycles. The molecule has 2 aromatic carbocycles. The number of hydrogen-bond donors (Lipinski definition) is 1. The van der Waals surface area contributed by atoms with Crippen LogP contribution in [0, 0.1) is 19.7 Å². The predicted molar refractivity (Wildman–Crippen MR) is 166 cm³/mol. The molecule has 2 heterocycles. The van der Waals surface area contributed by atoms with Crippen molar-refractivity contribution in [1.29, 1.82) is 0 Å². The third-order valence-corrected chi connectivity index (χ3v) is 8.40. The standard InChI is InChI=1S/C32H39FN4O6S/c1-8-9-14-36(27(38)23-12-10-11-13-24(23)33)29-35-34-26(44-29)21-15-19(2)25(20(3)16-21)42-22-17-32(7,28(39)40)37(18-22)30(41)43-31(4,5)6/h10-13,15-16,22H,8-9,14,17-18H2,1-7H3,(H,39,40)/t22-,32-/m0/s1. The van der Waals surface area contributed by atoms with Gasteiger partial charge in [0, 0.05) is 18.5 Å². The lowest BCUT2D eigenvalue weighted by molar-refractivity contribution is -0.148. The van der Waals surface area contributed by atoms with Crippen LogP contribution in [0.4, 0.5) is 14.3 Å². The summed E-state index contributed by atoms with van der Waals surface area (Å²) in [7, 11) is 0. The van der Waals surface area contributed by atoms with Crippen molar-refractivity contribution in [3.63, 3.8) is 0 Å². The van der Waals surface area contributed by atoms with Crippen molar-refractivity contribution < 1.29 is 33.4 Å². The van der Waals surface area contributed by atoms with E-state index in [0.717, 1.165) is 23.1 Å². The van der Waals surface area contributed by atoms with Gasteiger partial charge in [-0.15, -0.1) is 10.2 Å². The summed E-state index contributed by atoms with van der Waals surface area (Å²) in [5.74, 6) is -1.61. The number of aromatic nitrogens is 2. The molecule has 1 fully saturated rings. The van der Waals surface area contributed by atoms with Crippen LogP contribution in [-0.2, 0) is 9.53 Å². The highest BCUT2D eigenvalue weighted by molar-refractivity contribution is 7.18. The first-order chi connectivity index (χ1) is 20.6. The van der Waals surface area contributed by atoms with Gasteiger partial charge in [0.05, 0.1) is 12.1 Å². The Labute approximate surface area is 260 Å². The fourth-order valence-corrected chi connectivity index (χ4v) is 6.00. The normalized spacial score (nSPS) is 18.3. The number of aryl methyl sites for hydroxylation is 2. The third kappa shape index (κ3) is 7.01. The van der Waals surface area contributed by atoms with Crippen LogP contribution >= 0.6 is 11.3 Å². The molecule has 1 N–H and O–H groups in total. The SMILES string of the molecule is CCCCN(C(=O)c1ccccc1F)c1nnc(-c2cc(C)c(O[C@@H]3CN(C(=O)OC(C)(C)C)[C@](C)(C(=O)O)C3)c(C)c2)s1. The van der Waals surface area contributed by atoms with Gasteiger partial charge in [0.15, 0.2) is 0 Å². The van der Waals surface area contributed by atoms with Crippen LogP contribution in [0.1, 0.15) is 75.4 Å². The van der Waals surface area contributed by atoms with Crippen molar-refractivity contribution in [1.82, 2.24) is 15.1 Å². The number of hydrogen-bond acceptors (Lipinski definition) is 8. The van der Waals surface area contributed by atoms with Gasteiger partial charge in [-0.25, -0.2) is 14.0 Å². The highest BCUT2D eigenvalue weighted by atomic mass is 32.1. The molecule has 0 unspecified atom stereocenters. The number of unbranched alkanes of at least 4 members (excludes halogenated alkanes) is 1. The Morgan fingerprint density at radius 2 is 1.82 bits per heavy atom. The molecule has 10 nitrogen and oxygen atoms in total. The first-order valence-electron chi connectivity index (χ1n) is 14.6. The summed E-state index contributed by atoms with van der Waals surface area (Å²) in [4.78, 5) is 41.1. The number of benzene rings is 2. The van der Waals surface area contributed by atoms with E-state index in [4.69, 9.17) is 9.47 Å². The first-order valence-corrected chi connectivity index (χ1v) is 15.4. The Bertz CT molecular complexity index is 1530. The Kier molecular flexibility index (Phi) is 9.62. The van der Waals surface area contributed by atoms with E-state index in [0.29, 0.717) is 28.9 Å². The lowest BCUT2D eigenvalue weighted by atomic mass is 9.98. The number of likely N-dealkylation sites (tertiary alicyclic amines) is 1. The van der Waals surface area contributed by atoms with E-state index in [1.807, 2.05) is 32.9 Å². The Hall–Kier alpha value is -4.06. The van der Waals surface area contributed by atoms with E-state index in [9.17, 15) is 23.9 Å². The second kappa shape index (κ2) is 12.9.